The Morgan fingerprint density at radius 1 is 0.848 bits per heavy atom. The minimum absolute atomic E-state index is 0.0445. The average molecular weight is 449 g/mol. The number of benzene rings is 2. The first kappa shape index (κ1) is 24.0. The Morgan fingerprint density at radius 3 is 2.12 bits per heavy atom. The number of aromatic amines is 1. The highest BCUT2D eigenvalue weighted by atomic mass is 16.2. The Morgan fingerprint density at radius 2 is 1.48 bits per heavy atom. The molecule has 7 heteroatoms. The number of nitrogens with one attached hydrogen (secondary N) is 4. The molecule has 0 spiro atoms. The van der Waals surface area contributed by atoms with Crippen molar-refractivity contribution >= 4 is 40.0 Å². The van der Waals surface area contributed by atoms with E-state index in [-0.39, 0.29) is 29.6 Å². The van der Waals surface area contributed by atoms with Gasteiger partial charge < -0.3 is 20.9 Å². The van der Waals surface area contributed by atoms with Crippen molar-refractivity contribution in [2.45, 2.75) is 46.6 Å². The summed E-state index contributed by atoms with van der Waals surface area (Å²) in [5.74, 6) is -0.489. The van der Waals surface area contributed by atoms with Gasteiger partial charge in [-0.1, -0.05) is 45.9 Å². The van der Waals surface area contributed by atoms with Crippen molar-refractivity contribution in [1.29, 1.82) is 0 Å². The highest BCUT2D eigenvalue weighted by molar-refractivity contribution is 5.98. The van der Waals surface area contributed by atoms with Gasteiger partial charge in [-0.2, -0.15) is 0 Å². The lowest BCUT2D eigenvalue weighted by atomic mass is 10.0. The normalized spacial score (nSPS) is 12.1. The van der Waals surface area contributed by atoms with E-state index in [1.165, 1.54) is 0 Å². The van der Waals surface area contributed by atoms with E-state index in [1.54, 1.807) is 38.1 Å². The van der Waals surface area contributed by atoms with Gasteiger partial charge in [-0.3, -0.25) is 14.4 Å². The molecule has 174 valence electrons. The molecule has 1 atom stereocenters. The number of aromatic nitrogens is 1. The summed E-state index contributed by atoms with van der Waals surface area (Å²) in [6, 6.07) is 14.1. The number of carbonyl (C=O) groups excluding carboxylic acids is 3. The predicted octanol–water partition coefficient (Wildman–Crippen LogP) is 4.47. The summed E-state index contributed by atoms with van der Waals surface area (Å²) in [6.07, 6.45) is 2.68. The fraction of sp³-hybridized carbons (Fsp3) is 0.346. The SMILES string of the molecule is CC(C)CC(=O)Nc1ccc(NC(=O)C(Cc2c[nH]c3ccccc23)NC(=O)C(C)C)cc1. The molecule has 0 aliphatic carbocycles. The summed E-state index contributed by atoms with van der Waals surface area (Å²) < 4.78 is 0. The Kier molecular flexibility index (Phi) is 7.87. The molecular formula is C26H32N4O3. The van der Waals surface area contributed by atoms with Crippen LogP contribution in [0.2, 0.25) is 0 Å². The number of amides is 3. The molecule has 0 fully saturated rings. The summed E-state index contributed by atoms with van der Waals surface area (Å²) in [6.45, 7) is 7.57. The Labute approximate surface area is 194 Å². The second-order valence-corrected chi connectivity index (χ2v) is 8.99. The summed E-state index contributed by atoms with van der Waals surface area (Å²) in [5.41, 5.74) is 3.20. The van der Waals surface area contributed by atoms with Crippen LogP contribution in [0.4, 0.5) is 11.4 Å². The van der Waals surface area contributed by atoms with Crippen LogP contribution in [0.3, 0.4) is 0 Å². The molecule has 0 radical (unpaired) electrons. The number of rotatable bonds is 9. The van der Waals surface area contributed by atoms with Crippen LogP contribution in [0.15, 0.2) is 54.7 Å². The van der Waals surface area contributed by atoms with E-state index in [0.29, 0.717) is 24.2 Å². The van der Waals surface area contributed by atoms with Crippen LogP contribution in [-0.2, 0) is 20.8 Å². The first-order valence-electron chi connectivity index (χ1n) is 11.3. The molecule has 1 aromatic heterocycles. The number of anilines is 2. The Hall–Kier alpha value is -3.61. The third kappa shape index (κ3) is 6.68. The van der Waals surface area contributed by atoms with E-state index in [2.05, 4.69) is 20.9 Å². The number of fused-ring (bicyclic) bond motifs is 1. The second kappa shape index (κ2) is 10.8. The molecule has 0 aliphatic rings. The molecule has 0 saturated heterocycles. The molecule has 0 bridgehead atoms. The molecule has 2 aromatic carbocycles. The zero-order chi connectivity index (χ0) is 24.0. The quantitative estimate of drug-likeness (QED) is 0.388. The van der Waals surface area contributed by atoms with Crippen molar-refractivity contribution in [1.82, 2.24) is 10.3 Å². The second-order valence-electron chi connectivity index (χ2n) is 8.99. The zero-order valence-corrected chi connectivity index (χ0v) is 19.6. The van der Waals surface area contributed by atoms with E-state index >= 15 is 0 Å². The average Bonchev–Trinajstić information content (AvgIpc) is 3.16. The van der Waals surface area contributed by atoms with Crippen molar-refractivity contribution in [3.63, 3.8) is 0 Å². The van der Waals surface area contributed by atoms with E-state index in [0.717, 1.165) is 16.5 Å². The molecule has 3 amide bonds. The molecule has 33 heavy (non-hydrogen) atoms. The van der Waals surface area contributed by atoms with Crippen LogP contribution >= 0.6 is 0 Å². The third-order valence-electron chi connectivity index (χ3n) is 5.29. The van der Waals surface area contributed by atoms with Gasteiger partial charge in [-0.15, -0.1) is 0 Å². The van der Waals surface area contributed by atoms with E-state index in [4.69, 9.17) is 0 Å². The van der Waals surface area contributed by atoms with E-state index in [1.807, 2.05) is 44.3 Å². The standard InChI is InChI=1S/C26H32N4O3/c1-16(2)13-24(31)28-19-9-11-20(12-10-19)29-26(33)23(30-25(32)17(3)4)14-18-15-27-22-8-6-5-7-21(18)22/h5-12,15-17,23,27H,13-14H2,1-4H3,(H,28,31)(H,29,33)(H,30,32). The van der Waals surface area contributed by atoms with Gasteiger partial charge in [0, 0.05) is 47.2 Å². The van der Waals surface area contributed by atoms with E-state index in [9.17, 15) is 14.4 Å². The molecule has 3 rings (SSSR count). The molecule has 1 unspecified atom stereocenters. The van der Waals surface area contributed by atoms with Crippen molar-refractivity contribution in [2.75, 3.05) is 10.6 Å². The minimum Gasteiger partial charge on any atom is -0.361 e. The van der Waals surface area contributed by atoms with Gasteiger partial charge in [0.2, 0.25) is 17.7 Å². The fourth-order valence-corrected chi connectivity index (χ4v) is 3.52. The fourth-order valence-electron chi connectivity index (χ4n) is 3.52. The third-order valence-corrected chi connectivity index (χ3v) is 5.29. The molecule has 0 saturated carbocycles. The monoisotopic (exact) mass is 448 g/mol. The predicted molar refractivity (Wildman–Crippen MR) is 132 cm³/mol. The van der Waals surface area contributed by atoms with Crippen molar-refractivity contribution < 1.29 is 14.4 Å². The number of hydrogen-bond donors (Lipinski definition) is 4. The molecule has 1 heterocycles. The number of para-hydroxylation sites is 1. The summed E-state index contributed by atoms with van der Waals surface area (Å²) in [4.78, 5) is 40.7. The topological polar surface area (TPSA) is 103 Å². The van der Waals surface area contributed by atoms with Crippen molar-refractivity contribution in [3.05, 3.63) is 60.3 Å². The molecule has 7 nitrogen and oxygen atoms in total. The number of hydrogen-bond acceptors (Lipinski definition) is 3. The van der Waals surface area contributed by atoms with Crippen molar-refractivity contribution in [3.8, 4) is 0 Å². The maximum atomic E-state index is 13.1. The first-order chi connectivity index (χ1) is 15.7. The highest BCUT2D eigenvalue weighted by Gasteiger charge is 2.24. The van der Waals surface area contributed by atoms with Gasteiger partial charge in [-0.05, 0) is 41.8 Å². The molecule has 3 aromatic rings. The van der Waals surface area contributed by atoms with Gasteiger partial charge in [0.25, 0.3) is 0 Å². The summed E-state index contributed by atoms with van der Waals surface area (Å²) in [7, 11) is 0. The number of carbonyl (C=O) groups is 3. The van der Waals surface area contributed by atoms with Gasteiger partial charge >= 0.3 is 0 Å². The smallest absolute Gasteiger partial charge is 0.247 e. The molecular weight excluding hydrogens is 416 g/mol. The lowest BCUT2D eigenvalue weighted by Crippen LogP contribution is -2.46. The van der Waals surface area contributed by atoms with Crippen LogP contribution in [0.1, 0.15) is 39.7 Å². The first-order valence-corrected chi connectivity index (χ1v) is 11.3. The molecule has 0 aliphatic heterocycles. The van der Waals surface area contributed by atoms with Crippen LogP contribution in [0, 0.1) is 11.8 Å². The lowest BCUT2D eigenvalue weighted by Gasteiger charge is -2.20. The maximum absolute atomic E-state index is 13.1. The van der Waals surface area contributed by atoms with Crippen LogP contribution < -0.4 is 16.0 Å². The van der Waals surface area contributed by atoms with E-state index < -0.39 is 6.04 Å². The summed E-state index contributed by atoms with van der Waals surface area (Å²) in [5, 5.41) is 9.63. The lowest BCUT2D eigenvalue weighted by molar-refractivity contribution is -0.128. The zero-order valence-electron chi connectivity index (χ0n) is 19.6. The van der Waals surface area contributed by atoms with Crippen LogP contribution in [0.25, 0.3) is 10.9 Å². The molecule has 4 N–H and O–H groups in total. The van der Waals surface area contributed by atoms with Gasteiger partial charge in [0.05, 0.1) is 0 Å². The summed E-state index contributed by atoms with van der Waals surface area (Å²) >= 11 is 0. The number of H-pyrrole nitrogens is 1. The largest absolute Gasteiger partial charge is 0.361 e. The Bertz CT molecular complexity index is 1120. The highest BCUT2D eigenvalue weighted by Crippen LogP contribution is 2.20. The maximum Gasteiger partial charge on any atom is 0.247 e. The van der Waals surface area contributed by atoms with Crippen LogP contribution in [-0.4, -0.2) is 28.7 Å². The van der Waals surface area contributed by atoms with Crippen LogP contribution in [0.5, 0.6) is 0 Å². The van der Waals surface area contributed by atoms with Gasteiger partial charge in [0.15, 0.2) is 0 Å². The van der Waals surface area contributed by atoms with Gasteiger partial charge in [-0.25, -0.2) is 0 Å². The van der Waals surface area contributed by atoms with Gasteiger partial charge in [0.1, 0.15) is 6.04 Å². The van der Waals surface area contributed by atoms with Crippen molar-refractivity contribution in [2.24, 2.45) is 11.8 Å². The minimum atomic E-state index is -0.732. The Balaban J connectivity index is 1.71.